The van der Waals surface area contributed by atoms with Crippen molar-refractivity contribution in [2.45, 2.75) is 39.0 Å². The lowest BCUT2D eigenvalue weighted by atomic mass is 9.69. The van der Waals surface area contributed by atoms with E-state index in [0.717, 1.165) is 23.2 Å². The lowest BCUT2D eigenvalue weighted by Gasteiger charge is -2.36. The van der Waals surface area contributed by atoms with Crippen LogP contribution in [-0.4, -0.2) is 10.8 Å². The number of ketones is 1. The van der Waals surface area contributed by atoms with Crippen molar-refractivity contribution in [1.29, 1.82) is 0 Å². The number of aromatic amines is 1. The van der Waals surface area contributed by atoms with E-state index in [1.807, 2.05) is 25.1 Å². The maximum absolute atomic E-state index is 12.7. The number of carbonyl (C=O) groups excluding carboxylic acids is 1. The zero-order valence-electron chi connectivity index (χ0n) is 12.2. The van der Waals surface area contributed by atoms with Crippen LogP contribution in [0.1, 0.15) is 47.3 Å². The maximum Gasteiger partial charge on any atom is 0.200 e. The maximum atomic E-state index is 12.7. The van der Waals surface area contributed by atoms with Gasteiger partial charge in [0.15, 0.2) is 11.2 Å². The highest BCUT2D eigenvalue weighted by Crippen LogP contribution is 2.39. The van der Waals surface area contributed by atoms with Crippen molar-refractivity contribution in [2.24, 2.45) is 11.8 Å². The minimum atomic E-state index is -0.0838. The van der Waals surface area contributed by atoms with Gasteiger partial charge in [0.25, 0.3) is 0 Å². The SMILES string of the molecule is Cc1ccc2[nH]c3c(c(=O)c2c1)C(=O)CC(C1CCC1)C3. The Morgan fingerprint density at radius 2 is 1.90 bits per heavy atom. The third-order valence-electron chi connectivity index (χ3n) is 5.24. The molecule has 1 saturated carbocycles. The second-order valence-electron chi connectivity index (χ2n) is 6.64. The average Bonchev–Trinajstić information content (AvgIpc) is 2.37. The summed E-state index contributed by atoms with van der Waals surface area (Å²) in [5.41, 5.74) is 3.10. The number of hydrogen-bond acceptors (Lipinski definition) is 2. The summed E-state index contributed by atoms with van der Waals surface area (Å²) in [6.45, 7) is 1.97. The van der Waals surface area contributed by atoms with Crippen LogP contribution in [0.25, 0.3) is 10.9 Å². The molecule has 0 saturated heterocycles. The van der Waals surface area contributed by atoms with Gasteiger partial charge in [-0.1, -0.05) is 30.9 Å². The molecule has 2 aliphatic rings. The first-order valence-electron chi connectivity index (χ1n) is 7.82. The molecule has 1 aromatic carbocycles. The second kappa shape index (κ2) is 4.55. The van der Waals surface area contributed by atoms with E-state index in [1.165, 1.54) is 19.3 Å². The Morgan fingerprint density at radius 3 is 2.62 bits per heavy atom. The van der Waals surface area contributed by atoms with Gasteiger partial charge in [-0.05, 0) is 37.3 Å². The van der Waals surface area contributed by atoms with Gasteiger partial charge in [-0.15, -0.1) is 0 Å². The van der Waals surface area contributed by atoms with Crippen molar-refractivity contribution in [3.63, 3.8) is 0 Å². The number of aryl methyl sites for hydroxylation is 1. The highest BCUT2D eigenvalue weighted by molar-refractivity contribution is 6.01. The van der Waals surface area contributed by atoms with Gasteiger partial charge in [0.05, 0.1) is 5.56 Å². The minimum Gasteiger partial charge on any atom is -0.358 e. The summed E-state index contributed by atoms with van der Waals surface area (Å²) in [7, 11) is 0. The molecule has 21 heavy (non-hydrogen) atoms. The van der Waals surface area contributed by atoms with Gasteiger partial charge in [0.1, 0.15) is 0 Å². The van der Waals surface area contributed by atoms with Gasteiger partial charge in [-0.3, -0.25) is 9.59 Å². The summed E-state index contributed by atoms with van der Waals surface area (Å²) in [5.74, 6) is 1.15. The van der Waals surface area contributed by atoms with Gasteiger partial charge in [0, 0.05) is 23.0 Å². The van der Waals surface area contributed by atoms with E-state index in [4.69, 9.17) is 0 Å². The molecule has 0 radical (unpaired) electrons. The number of Topliss-reactive ketones (excluding diaryl/α,β-unsaturated/α-hetero) is 1. The molecule has 1 fully saturated rings. The molecule has 2 aromatic rings. The number of hydrogen-bond donors (Lipinski definition) is 1. The molecule has 3 heteroatoms. The fraction of sp³-hybridized carbons (Fsp3) is 0.444. The molecule has 108 valence electrons. The molecule has 0 spiro atoms. The molecule has 0 amide bonds. The third-order valence-corrected chi connectivity index (χ3v) is 5.24. The first-order valence-corrected chi connectivity index (χ1v) is 7.82. The molecular formula is C18H19NO2. The predicted molar refractivity (Wildman–Crippen MR) is 82.8 cm³/mol. The van der Waals surface area contributed by atoms with Crippen LogP contribution in [0.15, 0.2) is 23.0 Å². The smallest absolute Gasteiger partial charge is 0.200 e. The summed E-state index contributed by atoms with van der Waals surface area (Å²) in [6.07, 6.45) is 5.17. The standard InChI is InChI=1S/C18H19NO2/c1-10-5-6-14-13(7-10)18(21)17-15(19-14)8-12(9-16(17)20)11-3-2-4-11/h5-7,11-12H,2-4,8-9H2,1H3,(H,19,21). The third kappa shape index (κ3) is 1.95. The molecule has 4 rings (SSSR count). The highest BCUT2D eigenvalue weighted by Gasteiger charge is 2.35. The van der Waals surface area contributed by atoms with Crippen molar-refractivity contribution >= 4 is 16.7 Å². The zero-order valence-corrected chi connectivity index (χ0v) is 12.2. The van der Waals surface area contributed by atoms with E-state index in [0.29, 0.717) is 29.2 Å². The molecule has 2 aliphatic carbocycles. The molecule has 1 atom stereocenters. The molecule has 1 heterocycles. The van der Waals surface area contributed by atoms with Crippen molar-refractivity contribution in [3.05, 3.63) is 45.2 Å². The Balaban J connectivity index is 1.87. The van der Waals surface area contributed by atoms with Crippen molar-refractivity contribution in [2.75, 3.05) is 0 Å². The van der Waals surface area contributed by atoms with Gasteiger partial charge in [0.2, 0.25) is 0 Å². The lowest BCUT2D eigenvalue weighted by molar-refractivity contribution is 0.0888. The van der Waals surface area contributed by atoms with E-state index in [-0.39, 0.29) is 11.2 Å². The van der Waals surface area contributed by atoms with Crippen LogP contribution >= 0.6 is 0 Å². The Labute approximate surface area is 123 Å². The Kier molecular flexibility index (Phi) is 2.78. The minimum absolute atomic E-state index is 0.0396. The topological polar surface area (TPSA) is 49.9 Å². The summed E-state index contributed by atoms with van der Waals surface area (Å²) in [6, 6.07) is 5.82. The summed E-state index contributed by atoms with van der Waals surface area (Å²) < 4.78 is 0. The molecular weight excluding hydrogens is 262 g/mol. The molecule has 1 N–H and O–H groups in total. The van der Waals surface area contributed by atoms with Crippen molar-refractivity contribution in [3.8, 4) is 0 Å². The van der Waals surface area contributed by atoms with Gasteiger partial charge >= 0.3 is 0 Å². The van der Waals surface area contributed by atoms with Gasteiger partial charge in [-0.2, -0.15) is 0 Å². The fourth-order valence-electron chi connectivity index (χ4n) is 3.82. The molecule has 1 aromatic heterocycles. The number of pyridine rings is 1. The van der Waals surface area contributed by atoms with Crippen LogP contribution in [-0.2, 0) is 6.42 Å². The van der Waals surface area contributed by atoms with E-state index in [2.05, 4.69) is 4.98 Å². The Bertz CT molecular complexity index is 799. The predicted octanol–water partition coefficient (Wildman–Crippen LogP) is 3.38. The number of benzene rings is 1. The van der Waals surface area contributed by atoms with E-state index >= 15 is 0 Å². The molecule has 3 nitrogen and oxygen atoms in total. The van der Waals surface area contributed by atoms with E-state index in [9.17, 15) is 9.59 Å². The number of aromatic nitrogens is 1. The first kappa shape index (κ1) is 12.8. The van der Waals surface area contributed by atoms with Crippen LogP contribution < -0.4 is 5.43 Å². The highest BCUT2D eigenvalue weighted by atomic mass is 16.1. The van der Waals surface area contributed by atoms with Crippen LogP contribution in [0.3, 0.4) is 0 Å². The number of rotatable bonds is 1. The van der Waals surface area contributed by atoms with Crippen LogP contribution in [0.5, 0.6) is 0 Å². The van der Waals surface area contributed by atoms with E-state index < -0.39 is 0 Å². The van der Waals surface area contributed by atoms with Crippen molar-refractivity contribution in [1.82, 2.24) is 4.98 Å². The van der Waals surface area contributed by atoms with Gasteiger partial charge < -0.3 is 4.98 Å². The fourth-order valence-corrected chi connectivity index (χ4v) is 3.82. The Hall–Kier alpha value is -1.90. The van der Waals surface area contributed by atoms with Crippen LogP contribution in [0.2, 0.25) is 0 Å². The number of carbonyl (C=O) groups is 1. The second-order valence-corrected chi connectivity index (χ2v) is 6.64. The number of nitrogens with one attached hydrogen (secondary N) is 1. The van der Waals surface area contributed by atoms with Crippen molar-refractivity contribution < 1.29 is 4.79 Å². The molecule has 0 aliphatic heterocycles. The number of fused-ring (bicyclic) bond motifs is 2. The zero-order chi connectivity index (χ0) is 14.6. The lowest BCUT2D eigenvalue weighted by Crippen LogP contribution is -2.34. The molecule has 0 bridgehead atoms. The monoisotopic (exact) mass is 281 g/mol. The summed E-state index contributed by atoms with van der Waals surface area (Å²) in [5, 5.41) is 0.643. The van der Waals surface area contributed by atoms with Crippen LogP contribution in [0.4, 0.5) is 0 Å². The van der Waals surface area contributed by atoms with Gasteiger partial charge in [-0.25, -0.2) is 0 Å². The Morgan fingerprint density at radius 1 is 1.10 bits per heavy atom. The van der Waals surface area contributed by atoms with E-state index in [1.54, 1.807) is 0 Å². The largest absolute Gasteiger partial charge is 0.358 e. The normalized spacial score (nSPS) is 22.1. The molecule has 1 unspecified atom stereocenters. The van der Waals surface area contributed by atoms with Crippen LogP contribution in [0, 0.1) is 18.8 Å². The average molecular weight is 281 g/mol. The quantitative estimate of drug-likeness (QED) is 0.871. The summed E-state index contributed by atoms with van der Waals surface area (Å²) >= 11 is 0. The number of H-pyrrole nitrogens is 1. The first-order chi connectivity index (χ1) is 10.1. The summed E-state index contributed by atoms with van der Waals surface area (Å²) in [4.78, 5) is 28.5.